The standard InChI is InChI=1S/C25H21F3N6O/c1-13(2)24(19(12-29)22(31)35-23-21(24)14(3)33-34-23)16-9-15(10-17(11-16)25(26,27)28)7-8-18-5-4-6-20(30)32-18/h4-6,9-11,13H,31H2,1-3H3,(H2,30,32)(H,33,34). The molecule has 4 rings (SSSR count). The summed E-state index contributed by atoms with van der Waals surface area (Å²) >= 11 is 0. The number of alkyl halides is 3. The summed E-state index contributed by atoms with van der Waals surface area (Å²) in [5.74, 6) is 5.25. The largest absolute Gasteiger partial charge is 0.420 e. The molecule has 1 aliphatic rings. The zero-order valence-electron chi connectivity index (χ0n) is 19.1. The normalized spacial score (nSPS) is 17.3. The first-order chi connectivity index (χ1) is 16.5. The number of H-pyrrole nitrogens is 1. The molecule has 1 unspecified atom stereocenters. The van der Waals surface area contributed by atoms with Gasteiger partial charge in [0.05, 0.1) is 16.5 Å². The van der Waals surface area contributed by atoms with Gasteiger partial charge in [-0.2, -0.15) is 18.4 Å². The lowest BCUT2D eigenvalue weighted by Gasteiger charge is -2.41. The highest BCUT2D eigenvalue weighted by Crippen LogP contribution is 2.53. The third kappa shape index (κ3) is 3.93. The van der Waals surface area contributed by atoms with Crippen LogP contribution >= 0.6 is 0 Å². The van der Waals surface area contributed by atoms with E-state index >= 15 is 0 Å². The molecule has 1 atom stereocenters. The highest BCUT2D eigenvalue weighted by atomic mass is 19.4. The highest BCUT2D eigenvalue weighted by molar-refractivity contribution is 5.63. The Hall–Kier alpha value is -4.44. The van der Waals surface area contributed by atoms with Crippen molar-refractivity contribution in [3.8, 4) is 23.8 Å². The van der Waals surface area contributed by atoms with Crippen LogP contribution in [-0.4, -0.2) is 15.2 Å². The molecule has 5 N–H and O–H groups in total. The monoisotopic (exact) mass is 478 g/mol. The Kier molecular flexibility index (Phi) is 5.69. The van der Waals surface area contributed by atoms with Gasteiger partial charge in [0, 0.05) is 11.3 Å². The molecule has 1 aliphatic heterocycles. The van der Waals surface area contributed by atoms with Gasteiger partial charge in [-0.1, -0.05) is 25.8 Å². The van der Waals surface area contributed by atoms with Gasteiger partial charge in [-0.25, -0.2) is 4.98 Å². The van der Waals surface area contributed by atoms with Gasteiger partial charge in [0.15, 0.2) is 0 Å². The van der Waals surface area contributed by atoms with E-state index in [2.05, 4.69) is 33.1 Å². The van der Waals surface area contributed by atoms with Gasteiger partial charge >= 0.3 is 6.18 Å². The minimum atomic E-state index is -4.67. The van der Waals surface area contributed by atoms with Crippen molar-refractivity contribution in [1.29, 1.82) is 5.26 Å². The molecule has 0 saturated carbocycles. The molecule has 7 nitrogen and oxygen atoms in total. The summed E-state index contributed by atoms with van der Waals surface area (Å²) in [6.45, 7) is 5.31. The second kappa shape index (κ2) is 8.41. The first-order valence-corrected chi connectivity index (χ1v) is 10.6. The van der Waals surface area contributed by atoms with Crippen molar-refractivity contribution in [2.75, 3.05) is 5.73 Å². The van der Waals surface area contributed by atoms with Gasteiger partial charge in [-0.05, 0) is 54.7 Å². The van der Waals surface area contributed by atoms with Gasteiger partial charge in [-0.15, -0.1) is 5.10 Å². The van der Waals surface area contributed by atoms with Gasteiger partial charge in [0.1, 0.15) is 23.2 Å². The van der Waals surface area contributed by atoms with Gasteiger partial charge in [0.2, 0.25) is 11.8 Å². The molecule has 178 valence electrons. The number of nitriles is 1. The number of aryl methyl sites for hydroxylation is 1. The zero-order chi connectivity index (χ0) is 25.5. The average molecular weight is 478 g/mol. The zero-order valence-corrected chi connectivity index (χ0v) is 19.1. The van der Waals surface area contributed by atoms with E-state index in [1.54, 1.807) is 39.0 Å². The van der Waals surface area contributed by atoms with E-state index in [1.807, 2.05) is 0 Å². The molecule has 10 heteroatoms. The predicted octanol–water partition coefficient (Wildman–Crippen LogP) is 4.14. The van der Waals surface area contributed by atoms with E-state index in [4.69, 9.17) is 16.2 Å². The number of rotatable bonds is 2. The third-order valence-electron chi connectivity index (χ3n) is 5.95. The fourth-order valence-corrected chi connectivity index (χ4v) is 4.51. The maximum atomic E-state index is 14.0. The van der Waals surface area contributed by atoms with Crippen LogP contribution in [0.1, 0.15) is 47.5 Å². The maximum absolute atomic E-state index is 14.0. The number of fused-ring (bicyclic) bond motifs is 1. The second-order valence-electron chi connectivity index (χ2n) is 8.44. The number of nitrogen functional groups attached to an aromatic ring is 1. The SMILES string of the molecule is Cc1[nH]nc2c1C(c1cc(C#Cc3cccc(N)n3)cc(C(F)(F)F)c1)(C(C)C)C(C#N)=C(N)O2. The predicted molar refractivity (Wildman–Crippen MR) is 122 cm³/mol. The number of allylic oxidation sites excluding steroid dienone is 1. The minimum absolute atomic E-state index is 0.000216. The maximum Gasteiger partial charge on any atom is 0.416 e. The van der Waals surface area contributed by atoms with Crippen LogP contribution in [0.2, 0.25) is 0 Å². The Labute approximate surface area is 199 Å². The number of anilines is 1. The summed E-state index contributed by atoms with van der Waals surface area (Å²) in [5, 5.41) is 17.0. The molecule has 0 spiro atoms. The number of nitrogens with one attached hydrogen (secondary N) is 1. The van der Waals surface area contributed by atoms with Crippen molar-refractivity contribution in [2.24, 2.45) is 11.7 Å². The number of ether oxygens (including phenoxy) is 1. The van der Waals surface area contributed by atoms with Crippen molar-refractivity contribution in [3.05, 3.63) is 81.5 Å². The molecular weight excluding hydrogens is 457 g/mol. The molecule has 3 aromatic rings. The molecule has 0 radical (unpaired) electrons. The molecule has 1 aromatic carbocycles. The van der Waals surface area contributed by atoms with Crippen LogP contribution in [0.4, 0.5) is 19.0 Å². The van der Waals surface area contributed by atoms with Gasteiger partial charge < -0.3 is 16.2 Å². The molecule has 3 heterocycles. The smallest absolute Gasteiger partial charge is 0.416 e. The van der Waals surface area contributed by atoms with Crippen molar-refractivity contribution in [1.82, 2.24) is 15.2 Å². The van der Waals surface area contributed by atoms with E-state index in [0.717, 1.165) is 12.1 Å². The van der Waals surface area contributed by atoms with Gasteiger partial charge in [0.25, 0.3) is 0 Å². The highest BCUT2D eigenvalue weighted by Gasteiger charge is 2.51. The van der Waals surface area contributed by atoms with E-state index in [-0.39, 0.29) is 34.3 Å². The first kappa shape index (κ1) is 23.7. The molecule has 35 heavy (non-hydrogen) atoms. The quantitative estimate of drug-likeness (QED) is 0.475. The Morgan fingerprint density at radius 3 is 2.51 bits per heavy atom. The van der Waals surface area contributed by atoms with E-state index in [1.165, 1.54) is 6.07 Å². The number of aromatic amines is 1. The Morgan fingerprint density at radius 2 is 1.89 bits per heavy atom. The van der Waals surface area contributed by atoms with Crippen LogP contribution in [0, 0.1) is 36.0 Å². The fourth-order valence-electron chi connectivity index (χ4n) is 4.51. The van der Waals surface area contributed by atoms with Crippen molar-refractivity contribution in [2.45, 2.75) is 32.4 Å². The molecule has 0 amide bonds. The summed E-state index contributed by atoms with van der Waals surface area (Å²) in [4.78, 5) is 4.07. The number of hydrogen-bond donors (Lipinski definition) is 3. The first-order valence-electron chi connectivity index (χ1n) is 10.6. The number of benzene rings is 1. The third-order valence-corrected chi connectivity index (χ3v) is 5.95. The topological polar surface area (TPSA) is 127 Å². The van der Waals surface area contributed by atoms with Gasteiger partial charge in [-0.3, -0.25) is 5.10 Å². The van der Waals surface area contributed by atoms with Crippen LogP contribution in [0.15, 0.2) is 47.9 Å². The summed E-state index contributed by atoms with van der Waals surface area (Å²) in [6, 6.07) is 10.4. The number of nitrogens with two attached hydrogens (primary N) is 2. The molecular formula is C25H21F3N6O. The molecule has 0 aliphatic carbocycles. The second-order valence-corrected chi connectivity index (χ2v) is 8.44. The lowest BCUT2D eigenvalue weighted by molar-refractivity contribution is -0.137. The number of aromatic nitrogens is 3. The van der Waals surface area contributed by atoms with Crippen LogP contribution in [0.3, 0.4) is 0 Å². The number of hydrogen-bond acceptors (Lipinski definition) is 6. The van der Waals surface area contributed by atoms with Crippen LogP contribution in [-0.2, 0) is 11.6 Å². The summed E-state index contributed by atoms with van der Waals surface area (Å²) in [6.07, 6.45) is -4.67. The lowest BCUT2D eigenvalue weighted by Crippen LogP contribution is -2.41. The van der Waals surface area contributed by atoms with Crippen LogP contribution < -0.4 is 16.2 Å². The summed E-state index contributed by atoms with van der Waals surface area (Å²) < 4.78 is 47.6. The van der Waals surface area contributed by atoms with E-state index in [9.17, 15) is 18.4 Å². The number of nitrogens with zero attached hydrogens (tertiary/aromatic N) is 3. The number of pyridine rings is 1. The average Bonchev–Trinajstić information content (AvgIpc) is 3.16. The molecule has 0 fully saturated rings. The Bertz CT molecular complexity index is 1450. The van der Waals surface area contributed by atoms with E-state index < -0.39 is 23.1 Å². The van der Waals surface area contributed by atoms with Crippen molar-refractivity contribution in [3.63, 3.8) is 0 Å². The van der Waals surface area contributed by atoms with Crippen molar-refractivity contribution >= 4 is 5.82 Å². The number of halogens is 3. The molecule has 0 bridgehead atoms. The lowest BCUT2D eigenvalue weighted by atomic mass is 9.61. The fraction of sp³-hybridized carbons (Fsp3) is 0.240. The molecule has 0 saturated heterocycles. The minimum Gasteiger partial charge on any atom is -0.420 e. The Morgan fingerprint density at radius 1 is 1.14 bits per heavy atom. The van der Waals surface area contributed by atoms with Crippen LogP contribution in [0.5, 0.6) is 5.88 Å². The Balaban J connectivity index is 2.05. The van der Waals surface area contributed by atoms with Crippen molar-refractivity contribution < 1.29 is 17.9 Å². The van der Waals surface area contributed by atoms with E-state index in [0.29, 0.717) is 17.0 Å². The molecule has 2 aromatic heterocycles. The summed E-state index contributed by atoms with van der Waals surface area (Å²) in [7, 11) is 0. The summed E-state index contributed by atoms with van der Waals surface area (Å²) in [5.41, 5.74) is 11.1. The van der Waals surface area contributed by atoms with Crippen LogP contribution in [0.25, 0.3) is 0 Å².